The van der Waals surface area contributed by atoms with Crippen molar-refractivity contribution in [3.63, 3.8) is 0 Å². The number of aromatic amines is 1. The van der Waals surface area contributed by atoms with Crippen molar-refractivity contribution in [2.45, 2.75) is 19.4 Å². The number of carbonyl (C=O) groups excluding carboxylic acids is 1. The molecule has 3 aromatic rings. The first-order chi connectivity index (χ1) is 13.0. The van der Waals surface area contributed by atoms with Gasteiger partial charge in [0.2, 0.25) is 0 Å². The predicted molar refractivity (Wildman–Crippen MR) is 105 cm³/mol. The SMILES string of the molecule is Cc1c(NC2(C)C(=O)N(N)N=C2c2ccccc2)n[nH]c1-c1ccccc1. The Morgan fingerprint density at radius 2 is 1.63 bits per heavy atom. The lowest BCUT2D eigenvalue weighted by molar-refractivity contribution is -0.132. The van der Waals surface area contributed by atoms with Crippen molar-refractivity contribution in [3.05, 3.63) is 71.8 Å². The summed E-state index contributed by atoms with van der Waals surface area (Å²) >= 11 is 0. The second-order valence-corrected chi connectivity index (χ2v) is 6.65. The summed E-state index contributed by atoms with van der Waals surface area (Å²) in [5, 5.41) is 15.8. The quantitative estimate of drug-likeness (QED) is 0.492. The normalized spacial score (nSPS) is 19.3. The Kier molecular flexibility index (Phi) is 4.01. The van der Waals surface area contributed by atoms with Crippen molar-refractivity contribution >= 4 is 17.4 Å². The standard InChI is InChI=1S/C20H20N6O/c1-13-16(14-9-5-3-6-10-14)23-24-18(13)22-20(2)17(25-26(21)19(20)27)15-11-7-4-8-12-15/h3-12H,21H2,1-2H3,(H2,22,23,24). The number of nitrogens with two attached hydrogens (primary N) is 1. The molecule has 4 rings (SSSR count). The zero-order valence-electron chi connectivity index (χ0n) is 15.1. The Balaban J connectivity index is 1.72. The number of rotatable bonds is 4. The second kappa shape index (κ2) is 6.37. The molecule has 1 aliphatic rings. The third-order valence-corrected chi connectivity index (χ3v) is 4.80. The number of hydrogen-bond acceptors (Lipinski definition) is 5. The Bertz CT molecular complexity index is 1010. The van der Waals surface area contributed by atoms with Crippen LogP contribution in [0.4, 0.5) is 5.82 Å². The predicted octanol–water partition coefficient (Wildman–Crippen LogP) is 2.68. The van der Waals surface area contributed by atoms with Crippen molar-refractivity contribution in [1.82, 2.24) is 15.3 Å². The molecule has 0 saturated carbocycles. The van der Waals surface area contributed by atoms with Gasteiger partial charge in [0.25, 0.3) is 5.91 Å². The summed E-state index contributed by atoms with van der Waals surface area (Å²) in [4.78, 5) is 12.8. The van der Waals surface area contributed by atoms with Gasteiger partial charge < -0.3 is 5.32 Å². The molecule has 136 valence electrons. The highest BCUT2D eigenvalue weighted by Gasteiger charge is 2.48. The number of nitrogens with one attached hydrogen (secondary N) is 2. The molecule has 7 nitrogen and oxygen atoms in total. The van der Waals surface area contributed by atoms with Crippen LogP contribution in [0.1, 0.15) is 18.1 Å². The van der Waals surface area contributed by atoms with Crippen LogP contribution < -0.4 is 11.2 Å². The summed E-state index contributed by atoms with van der Waals surface area (Å²) in [6.07, 6.45) is 0. The largest absolute Gasteiger partial charge is 0.349 e. The average Bonchev–Trinajstić information content (AvgIpc) is 3.16. The lowest BCUT2D eigenvalue weighted by Gasteiger charge is -2.25. The topological polar surface area (TPSA) is 99.4 Å². The number of anilines is 1. The van der Waals surface area contributed by atoms with E-state index in [0.717, 1.165) is 27.5 Å². The van der Waals surface area contributed by atoms with Crippen LogP contribution in [-0.2, 0) is 4.79 Å². The zero-order chi connectivity index (χ0) is 19.0. The number of benzene rings is 2. The molecule has 4 N–H and O–H groups in total. The number of amides is 1. The molecule has 0 radical (unpaired) electrons. The monoisotopic (exact) mass is 360 g/mol. The van der Waals surface area contributed by atoms with E-state index in [-0.39, 0.29) is 5.91 Å². The van der Waals surface area contributed by atoms with Gasteiger partial charge in [-0.05, 0) is 19.4 Å². The van der Waals surface area contributed by atoms with E-state index in [1.54, 1.807) is 6.92 Å². The fourth-order valence-electron chi connectivity index (χ4n) is 3.28. The highest BCUT2D eigenvalue weighted by Crippen LogP contribution is 2.31. The zero-order valence-corrected chi connectivity index (χ0v) is 15.1. The van der Waals surface area contributed by atoms with Crippen molar-refractivity contribution in [2.75, 3.05) is 5.32 Å². The maximum absolute atomic E-state index is 12.8. The smallest absolute Gasteiger partial charge is 0.289 e. The van der Waals surface area contributed by atoms with Crippen LogP contribution in [0.5, 0.6) is 0 Å². The van der Waals surface area contributed by atoms with Gasteiger partial charge in [-0.3, -0.25) is 9.89 Å². The first-order valence-corrected chi connectivity index (χ1v) is 8.63. The molecule has 1 aromatic heterocycles. The van der Waals surface area contributed by atoms with Crippen LogP contribution in [0.15, 0.2) is 65.8 Å². The Labute approximate surface area is 156 Å². The van der Waals surface area contributed by atoms with E-state index in [4.69, 9.17) is 5.84 Å². The molecule has 1 amide bonds. The van der Waals surface area contributed by atoms with E-state index >= 15 is 0 Å². The Morgan fingerprint density at radius 1 is 1.04 bits per heavy atom. The summed E-state index contributed by atoms with van der Waals surface area (Å²) in [6, 6.07) is 19.4. The minimum atomic E-state index is -1.12. The molecule has 1 atom stereocenters. The summed E-state index contributed by atoms with van der Waals surface area (Å²) < 4.78 is 0. The fraction of sp³-hybridized carbons (Fsp3) is 0.150. The van der Waals surface area contributed by atoms with Crippen molar-refractivity contribution in [1.29, 1.82) is 0 Å². The molecule has 0 spiro atoms. The van der Waals surface area contributed by atoms with E-state index in [2.05, 4.69) is 20.6 Å². The molecule has 27 heavy (non-hydrogen) atoms. The molecule has 0 saturated heterocycles. The lowest BCUT2D eigenvalue weighted by Crippen LogP contribution is -2.52. The second-order valence-electron chi connectivity index (χ2n) is 6.65. The summed E-state index contributed by atoms with van der Waals surface area (Å²) in [5.74, 6) is 6.04. The van der Waals surface area contributed by atoms with Crippen LogP contribution in [0.3, 0.4) is 0 Å². The van der Waals surface area contributed by atoms with Gasteiger partial charge in [-0.25, -0.2) is 5.84 Å². The summed E-state index contributed by atoms with van der Waals surface area (Å²) in [5.41, 5.74) is 3.10. The van der Waals surface area contributed by atoms with Gasteiger partial charge in [0.15, 0.2) is 11.4 Å². The van der Waals surface area contributed by atoms with E-state index in [1.807, 2.05) is 67.6 Å². The highest BCUT2D eigenvalue weighted by atomic mass is 16.2. The number of carbonyl (C=O) groups is 1. The van der Waals surface area contributed by atoms with Crippen LogP contribution in [0, 0.1) is 6.92 Å². The lowest BCUT2D eigenvalue weighted by atomic mass is 9.90. The van der Waals surface area contributed by atoms with Crippen molar-refractivity contribution in [2.24, 2.45) is 10.9 Å². The molecule has 2 aromatic carbocycles. The van der Waals surface area contributed by atoms with Crippen molar-refractivity contribution < 1.29 is 4.79 Å². The first kappa shape index (κ1) is 17.0. The molecular weight excluding hydrogens is 340 g/mol. The molecule has 0 aliphatic carbocycles. The number of hydrogen-bond donors (Lipinski definition) is 3. The number of H-pyrrole nitrogens is 1. The van der Waals surface area contributed by atoms with E-state index < -0.39 is 5.54 Å². The molecule has 0 fully saturated rings. The Morgan fingerprint density at radius 3 is 2.26 bits per heavy atom. The number of nitrogens with zero attached hydrogens (tertiary/aromatic N) is 3. The first-order valence-electron chi connectivity index (χ1n) is 8.63. The molecule has 1 aliphatic heterocycles. The van der Waals surface area contributed by atoms with E-state index in [1.165, 1.54) is 0 Å². The summed E-state index contributed by atoms with van der Waals surface area (Å²) in [6.45, 7) is 3.72. The molecule has 7 heteroatoms. The number of hydrazone groups is 1. The minimum absolute atomic E-state index is 0.343. The fourth-order valence-corrected chi connectivity index (χ4v) is 3.28. The summed E-state index contributed by atoms with van der Waals surface area (Å²) in [7, 11) is 0. The van der Waals surface area contributed by atoms with Gasteiger partial charge in [-0.1, -0.05) is 60.7 Å². The Hall–Kier alpha value is -3.45. The molecule has 0 bridgehead atoms. The van der Waals surface area contributed by atoms with Gasteiger partial charge in [0.05, 0.1) is 5.69 Å². The minimum Gasteiger partial charge on any atom is -0.349 e. The molecule has 2 heterocycles. The highest BCUT2D eigenvalue weighted by molar-refractivity contribution is 6.24. The average molecular weight is 360 g/mol. The number of aromatic nitrogens is 2. The van der Waals surface area contributed by atoms with Gasteiger partial charge >= 0.3 is 0 Å². The van der Waals surface area contributed by atoms with Gasteiger partial charge in [0, 0.05) is 11.1 Å². The van der Waals surface area contributed by atoms with Gasteiger partial charge in [-0.15, -0.1) is 0 Å². The van der Waals surface area contributed by atoms with E-state index in [0.29, 0.717) is 11.5 Å². The van der Waals surface area contributed by atoms with Crippen molar-refractivity contribution in [3.8, 4) is 11.3 Å². The maximum Gasteiger partial charge on any atom is 0.289 e. The van der Waals surface area contributed by atoms with E-state index in [9.17, 15) is 4.79 Å². The maximum atomic E-state index is 12.8. The van der Waals surface area contributed by atoms with Crippen LogP contribution in [0.25, 0.3) is 11.3 Å². The molecule has 1 unspecified atom stereocenters. The van der Waals surface area contributed by atoms with Crippen LogP contribution >= 0.6 is 0 Å². The van der Waals surface area contributed by atoms with Crippen LogP contribution in [0.2, 0.25) is 0 Å². The third kappa shape index (κ3) is 2.78. The van der Waals surface area contributed by atoms with Gasteiger partial charge in [0.1, 0.15) is 5.71 Å². The molecular formula is C20H20N6O. The third-order valence-electron chi connectivity index (χ3n) is 4.80. The van der Waals surface area contributed by atoms with Gasteiger partial charge in [-0.2, -0.15) is 15.3 Å². The number of hydrazine groups is 1. The van der Waals surface area contributed by atoms with Crippen LogP contribution in [-0.4, -0.2) is 32.5 Å².